The summed E-state index contributed by atoms with van der Waals surface area (Å²) in [4.78, 5) is 28.7. The minimum Gasteiger partial charge on any atom is -0.489 e. The molecule has 0 bridgehead atoms. The number of carbonyl (C=O) groups excluding carboxylic acids is 2. The van der Waals surface area contributed by atoms with Gasteiger partial charge in [0.1, 0.15) is 18.1 Å². The molecule has 146 valence electrons. The van der Waals surface area contributed by atoms with Gasteiger partial charge in [0.25, 0.3) is 11.8 Å². The first-order valence-electron chi connectivity index (χ1n) is 9.52. The normalized spacial score (nSPS) is 12.8. The van der Waals surface area contributed by atoms with Crippen molar-refractivity contribution in [3.63, 3.8) is 0 Å². The number of hydrogen-bond donors (Lipinski definition) is 2. The van der Waals surface area contributed by atoms with E-state index in [1.165, 1.54) is 12.3 Å². The minimum absolute atomic E-state index is 0.177. The molecule has 1 heterocycles. The molecule has 3 aromatic rings. The number of nitrogens with one attached hydrogen (secondary N) is 2. The van der Waals surface area contributed by atoms with E-state index in [0.29, 0.717) is 23.6 Å². The van der Waals surface area contributed by atoms with E-state index in [9.17, 15) is 9.59 Å². The summed E-state index contributed by atoms with van der Waals surface area (Å²) in [5.74, 6) is 0.164. The summed E-state index contributed by atoms with van der Waals surface area (Å²) in [5, 5.41) is 5.69. The Morgan fingerprint density at radius 1 is 0.966 bits per heavy atom. The van der Waals surface area contributed by atoms with Crippen molar-refractivity contribution < 1.29 is 14.3 Å². The first kappa shape index (κ1) is 18.7. The van der Waals surface area contributed by atoms with E-state index < -0.39 is 0 Å². The third-order valence-corrected chi connectivity index (χ3v) is 4.53. The van der Waals surface area contributed by atoms with Crippen molar-refractivity contribution in [1.82, 2.24) is 10.3 Å². The van der Waals surface area contributed by atoms with Crippen molar-refractivity contribution in [3.05, 3.63) is 89.7 Å². The van der Waals surface area contributed by atoms with Gasteiger partial charge >= 0.3 is 0 Å². The fourth-order valence-electron chi connectivity index (χ4n) is 2.76. The highest BCUT2D eigenvalue weighted by Crippen LogP contribution is 2.20. The second kappa shape index (κ2) is 8.56. The summed E-state index contributed by atoms with van der Waals surface area (Å²) in [5.41, 5.74) is 2.33. The van der Waals surface area contributed by atoms with Gasteiger partial charge in [-0.25, -0.2) is 0 Å². The van der Waals surface area contributed by atoms with Gasteiger partial charge < -0.3 is 15.4 Å². The number of carbonyl (C=O) groups is 2. The van der Waals surface area contributed by atoms with Crippen LogP contribution in [0.2, 0.25) is 0 Å². The van der Waals surface area contributed by atoms with E-state index in [2.05, 4.69) is 15.6 Å². The van der Waals surface area contributed by atoms with E-state index in [-0.39, 0.29) is 23.6 Å². The van der Waals surface area contributed by atoms with Crippen LogP contribution < -0.4 is 15.4 Å². The van der Waals surface area contributed by atoms with Crippen LogP contribution in [-0.4, -0.2) is 22.8 Å². The van der Waals surface area contributed by atoms with Gasteiger partial charge in [-0.15, -0.1) is 0 Å². The molecule has 29 heavy (non-hydrogen) atoms. The summed E-state index contributed by atoms with van der Waals surface area (Å²) in [6.45, 7) is 0.478. The Balaban J connectivity index is 1.35. The van der Waals surface area contributed by atoms with Gasteiger partial charge in [0, 0.05) is 23.5 Å². The molecular weight excluding hydrogens is 366 g/mol. The van der Waals surface area contributed by atoms with Crippen LogP contribution in [0.15, 0.2) is 72.9 Å². The highest BCUT2D eigenvalue weighted by atomic mass is 16.5. The zero-order chi connectivity index (χ0) is 20.1. The maximum absolute atomic E-state index is 12.5. The molecule has 1 fully saturated rings. The molecular formula is C23H21N3O3. The molecule has 0 unspecified atom stereocenters. The van der Waals surface area contributed by atoms with E-state index >= 15 is 0 Å². The average molecular weight is 387 g/mol. The van der Waals surface area contributed by atoms with Gasteiger partial charge in [0.05, 0.1) is 0 Å². The molecule has 1 aliphatic rings. The lowest BCUT2D eigenvalue weighted by Crippen LogP contribution is -2.26. The average Bonchev–Trinajstić information content (AvgIpc) is 3.58. The number of amides is 2. The van der Waals surface area contributed by atoms with Crippen LogP contribution >= 0.6 is 0 Å². The number of rotatable bonds is 7. The molecule has 4 rings (SSSR count). The van der Waals surface area contributed by atoms with Gasteiger partial charge in [0.15, 0.2) is 0 Å². The van der Waals surface area contributed by atoms with Crippen molar-refractivity contribution >= 4 is 17.5 Å². The Morgan fingerprint density at radius 3 is 2.45 bits per heavy atom. The summed E-state index contributed by atoms with van der Waals surface area (Å²) >= 11 is 0. The van der Waals surface area contributed by atoms with Crippen molar-refractivity contribution in [3.8, 4) is 5.75 Å². The van der Waals surface area contributed by atoms with Gasteiger partial charge in [-0.05, 0) is 54.8 Å². The Labute approximate surface area is 168 Å². The number of benzene rings is 2. The van der Waals surface area contributed by atoms with E-state index in [1.807, 2.05) is 30.3 Å². The molecule has 2 aromatic carbocycles. The topological polar surface area (TPSA) is 80.3 Å². The van der Waals surface area contributed by atoms with Crippen molar-refractivity contribution in [2.75, 3.05) is 5.32 Å². The molecule has 6 heteroatoms. The van der Waals surface area contributed by atoms with Crippen molar-refractivity contribution in [2.45, 2.75) is 25.5 Å². The monoisotopic (exact) mass is 387 g/mol. The molecule has 1 aliphatic carbocycles. The zero-order valence-corrected chi connectivity index (χ0v) is 15.8. The highest BCUT2D eigenvalue weighted by molar-refractivity contribution is 6.04. The Bertz CT molecular complexity index is 999. The van der Waals surface area contributed by atoms with Crippen LogP contribution in [0, 0.1) is 0 Å². The van der Waals surface area contributed by atoms with Crippen LogP contribution in [0.5, 0.6) is 5.75 Å². The largest absolute Gasteiger partial charge is 0.489 e. The van der Waals surface area contributed by atoms with Crippen molar-refractivity contribution in [1.29, 1.82) is 0 Å². The number of aromatic nitrogens is 1. The second-order valence-corrected chi connectivity index (χ2v) is 6.93. The van der Waals surface area contributed by atoms with Crippen molar-refractivity contribution in [2.24, 2.45) is 0 Å². The maximum atomic E-state index is 12.5. The molecule has 1 saturated carbocycles. The summed E-state index contributed by atoms with van der Waals surface area (Å²) in [6, 6.07) is 20.4. The molecule has 0 atom stereocenters. The van der Waals surface area contributed by atoms with Crippen LogP contribution in [-0.2, 0) is 6.61 Å². The molecule has 2 N–H and O–H groups in total. The van der Waals surface area contributed by atoms with E-state index in [4.69, 9.17) is 4.74 Å². The van der Waals surface area contributed by atoms with Crippen LogP contribution in [0.1, 0.15) is 39.3 Å². The Morgan fingerprint density at radius 2 is 1.72 bits per heavy atom. The quantitative estimate of drug-likeness (QED) is 0.646. The lowest BCUT2D eigenvalue weighted by atomic mass is 10.2. The molecule has 1 aromatic heterocycles. The number of ether oxygens (including phenoxy) is 1. The van der Waals surface area contributed by atoms with Crippen LogP contribution in [0.3, 0.4) is 0 Å². The number of anilines is 1. The second-order valence-electron chi connectivity index (χ2n) is 6.93. The predicted octanol–water partition coefficient (Wildman–Crippen LogP) is 3.81. The van der Waals surface area contributed by atoms with Crippen LogP contribution in [0.25, 0.3) is 0 Å². The highest BCUT2D eigenvalue weighted by Gasteiger charge is 2.24. The smallest absolute Gasteiger partial charge is 0.274 e. The zero-order valence-electron chi connectivity index (χ0n) is 15.8. The Kier molecular flexibility index (Phi) is 5.52. The molecule has 2 amide bonds. The molecule has 6 nitrogen and oxygen atoms in total. The predicted molar refractivity (Wildman–Crippen MR) is 110 cm³/mol. The fraction of sp³-hybridized carbons (Fsp3) is 0.174. The maximum Gasteiger partial charge on any atom is 0.274 e. The molecule has 0 aliphatic heterocycles. The summed E-state index contributed by atoms with van der Waals surface area (Å²) in [6.07, 6.45) is 3.49. The first-order valence-corrected chi connectivity index (χ1v) is 9.52. The third-order valence-electron chi connectivity index (χ3n) is 4.53. The molecule has 0 saturated heterocycles. The molecule has 0 radical (unpaired) electrons. The number of hydrogen-bond acceptors (Lipinski definition) is 4. The number of nitrogens with zero attached hydrogens (tertiary/aromatic N) is 1. The standard InChI is InChI=1S/C23H21N3O3/c27-22(25-18-6-7-18)17-12-13-24-21(14-17)23(28)26-19-8-10-20(11-9-19)29-15-16-4-2-1-3-5-16/h1-5,8-14,18H,6-7,15H2,(H,25,27)(H,26,28). The Hall–Kier alpha value is -3.67. The van der Waals surface area contributed by atoms with Gasteiger partial charge in [0.2, 0.25) is 0 Å². The lowest BCUT2D eigenvalue weighted by molar-refractivity contribution is 0.0951. The summed E-state index contributed by atoms with van der Waals surface area (Å²) < 4.78 is 5.75. The van der Waals surface area contributed by atoms with Gasteiger partial charge in [-0.1, -0.05) is 30.3 Å². The number of pyridine rings is 1. The van der Waals surface area contributed by atoms with Gasteiger partial charge in [-0.2, -0.15) is 0 Å². The lowest BCUT2D eigenvalue weighted by Gasteiger charge is -2.09. The van der Waals surface area contributed by atoms with Crippen LogP contribution in [0.4, 0.5) is 5.69 Å². The minimum atomic E-state index is -0.371. The van der Waals surface area contributed by atoms with Gasteiger partial charge in [-0.3, -0.25) is 14.6 Å². The first-order chi connectivity index (χ1) is 14.2. The summed E-state index contributed by atoms with van der Waals surface area (Å²) in [7, 11) is 0. The molecule has 0 spiro atoms. The van der Waals surface area contributed by atoms with E-state index in [1.54, 1.807) is 30.3 Å². The fourth-order valence-corrected chi connectivity index (χ4v) is 2.76. The third kappa shape index (κ3) is 5.19. The van der Waals surface area contributed by atoms with E-state index in [0.717, 1.165) is 18.4 Å². The SMILES string of the molecule is O=C(NC1CC1)c1ccnc(C(=O)Nc2ccc(OCc3ccccc3)cc2)c1.